The zero-order valence-electron chi connectivity index (χ0n) is 12.5. The van der Waals surface area contributed by atoms with Crippen LogP contribution >= 0.6 is 11.8 Å². The SMILES string of the molecule is CC(=O)SCC1CC(=O)N(CCc2cnc3[nH]ccc3c2)C1. The number of thioether (sulfide) groups is 1. The third kappa shape index (κ3) is 3.50. The van der Waals surface area contributed by atoms with E-state index < -0.39 is 0 Å². The van der Waals surface area contributed by atoms with Gasteiger partial charge in [-0.25, -0.2) is 4.98 Å². The zero-order chi connectivity index (χ0) is 15.5. The van der Waals surface area contributed by atoms with Crippen LogP contribution in [-0.2, 0) is 16.0 Å². The van der Waals surface area contributed by atoms with Crippen LogP contribution in [0.3, 0.4) is 0 Å². The molecule has 1 N–H and O–H groups in total. The molecule has 0 bridgehead atoms. The van der Waals surface area contributed by atoms with E-state index in [2.05, 4.69) is 16.0 Å². The first kappa shape index (κ1) is 15.1. The second-order valence-corrected chi connectivity index (χ2v) is 6.92. The zero-order valence-corrected chi connectivity index (χ0v) is 13.4. The van der Waals surface area contributed by atoms with Gasteiger partial charge in [0.25, 0.3) is 0 Å². The summed E-state index contributed by atoms with van der Waals surface area (Å²) in [6, 6.07) is 4.12. The highest BCUT2D eigenvalue weighted by molar-refractivity contribution is 8.13. The fourth-order valence-corrected chi connectivity index (χ4v) is 3.50. The number of fused-ring (bicyclic) bond motifs is 1. The Morgan fingerprint density at radius 3 is 3.23 bits per heavy atom. The molecule has 1 aliphatic rings. The Labute approximate surface area is 133 Å². The molecule has 1 atom stereocenters. The number of H-pyrrole nitrogens is 1. The number of nitrogens with one attached hydrogen (secondary N) is 1. The molecule has 0 radical (unpaired) electrons. The molecule has 6 heteroatoms. The minimum atomic E-state index is 0.122. The van der Waals surface area contributed by atoms with E-state index in [-0.39, 0.29) is 11.0 Å². The number of pyridine rings is 1. The van der Waals surface area contributed by atoms with Crippen LogP contribution in [0.1, 0.15) is 18.9 Å². The molecular weight excluding hydrogens is 298 g/mol. The van der Waals surface area contributed by atoms with Crippen LogP contribution in [0.4, 0.5) is 0 Å². The van der Waals surface area contributed by atoms with Gasteiger partial charge in [-0.15, -0.1) is 0 Å². The molecule has 0 aromatic carbocycles. The average molecular weight is 317 g/mol. The van der Waals surface area contributed by atoms with Crippen LogP contribution in [0.2, 0.25) is 0 Å². The summed E-state index contributed by atoms with van der Waals surface area (Å²) in [5.74, 6) is 1.24. The van der Waals surface area contributed by atoms with Crippen molar-refractivity contribution in [1.82, 2.24) is 14.9 Å². The summed E-state index contributed by atoms with van der Waals surface area (Å²) in [7, 11) is 0. The van der Waals surface area contributed by atoms with Gasteiger partial charge in [-0.1, -0.05) is 11.8 Å². The number of amides is 1. The Balaban J connectivity index is 1.54. The molecule has 1 aliphatic heterocycles. The summed E-state index contributed by atoms with van der Waals surface area (Å²) in [5.41, 5.74) is 2.03. The van der Waals surface area contributed by atoms with E-state index in [0.29, 0.717) is 12.3 Å². The van der Waals surface area contributed by atoms with Gasteiger partial charge >= 0.3 is 0 Å². The third-order valence-corrected chi connectivity index (χ3v) is 4.99. The number of carbonyl (C=O) groups is 2. The smallest absolute Gasteiger partial charge is 0.222 e. The maximum absolute atomic E-state index is 12.0. The monoisotopic (exact) mass is 317 g/mol. The molecular formula is C16H19N3O2S. The Morgan fingerprint density at radius 2 is 2.41 bits per heavy atom. The van der Waals surface area contributed by atoms with Gasteiger partial charge in [0.2, 0.25) is 5.91 Å². The molecule has 116 valence electrons. The molecule has 0 saturated carbocycles. The lowest BCUT2D eigenvalue weighted by molar-refractivity contribution is -0.127. The second kappa shape index (κ2) is 6.52. The minimum Gasteiger partial charge on any atom is -0.346 e. The minimum absolute atomic E-state index is 0.122. The highest BCUT2D eigenvalue weighted by Crippen LogP contribution is 2.22. The highest BCUT2D eigenvalue weighted by Gasteiger charge is 2.29. The molecule has 2 aromatic rings. The van der Waals surface area contributed by atoms with E-state index in [4.69, 9.17) is 0 Å². The van der Waals surface area contributed by atoms with E-state index >= 15 is 0 Å². The molecule has 1 unspecified atom stereocenters. The maximum atomic E-state index is 12.0. The molecule has 3 heterocycles. The molecule has 3 rings (SSSR count). The molecule has 1 fully saturated rings. The van der Waals surface area contributed by atoms with Crippen molar-refractivity contribution in [3.05, 3.63) is 30.1 Å². The normalized spacial score (nSPS) is 18.3. The lowest BCUT2D eigenvalue weighted by atomic mass is 10.1. The molecule has 5 nitrogen and oxygen atoms in total. The van der Waals surface area contributed by atoms with Crippen LogP contribution in [-0.4, -0.2) is 44.7 Å². The standard InChI is InChI=1S/C16H19N3O2S/c1-11(20)22-10-13-7-15(21)19(9-13)5-3-12-6-14-2-4-17-16(14)18-8-12/h2,4,6,8,13H,3,5,7,9-10H2,1H3,(H,17,18). The topological polar surface area (TPSA) is 66.1 Å². The summed E-state index contributed by atoms with van der Waals surface area (Å²) in [4.78, 5) is 32.4. The van der Waals surface area contributed by atoms with Gasteiger partial charge < -0.3 is 9.88 Å². The Morgan fingerprint density at radius 1 is 1.55 bits per heavy atom. The summed E-state index contributed by atoms with van der Waals surface area (Å²) in [5, 5.41) is 1.22. The van der Waals surface area contributed by atoms with Crippen LogP contribution in [0.5, 0.6) is 0 Å². The van der Waals surface area contributed by atoms with Crippen molar-refractivity contribution >= 4 is 33.8 Å². The molecule has 0 aliphatic carbocycles. The number of rotatable bonds is 5. The molecule has 22 heavy (non-hydrogen) atoms. The maximum Gasteiger partial charge on any atom is 0.222 e. The van der Waals surface area contributed by atoms with Gasteiger partial charge in [-0.05, 0) is 30.0 Å². The van der Waals surface area contributed by atoms with E-state index in [9.17, 15) is 9.59 Å². The van der Waals surface area contributed by atoms with E-state index in [1.165, 1.54) is 11.8 Å². The van der Waals surface area contributed by atoms with Crippen LogP contribution in [0, 0.1) is 5.92 Å². The van der Waals surface area contributed by atoms with Gasteiger partial charge in [0.05, 0.1) is 0 Å². The van der Waals surface area contributed by atoms with Crippen LogP contribution < -0.4 is 0 Å². The fraction of sp³-hybridized carbons (Fsp3) is 0.438. The van der Waals surface area contributed by atoms with Crippen molar-refractivity contribution in [1.29, 1.82) is 0 Å². The first-order chi connectivity index (χ1) is 10.6. The van der Waals surface area contributed by atoms with Crippen molar-refractivity contribution in [3.8, 4) is 0 Å². The Kier molecular flexibility index (Phi) is 4.47. The van der Waals surface area contributed by atoms with Crippen molar-refractivity contribution in [2.75, 3.05) is 18.8 Å². The van der Waals surface area contributed by atoms with Gasteiger partial charge in [-0.2, -0.15) is 0 Å². The van der Waals surface area contributed by atoms with E-state index in [1.54, 1.807) is 6.92 Å². The summed E-state index contributed by atoms with van der Waals surface area (Å²) in [6.07, 6.45) is 5.12. The quantitative estimate of drug-likeness (QED) is 0.918. The van der Waals surface area contributed by atoms with E-state index in [1.807, 2.05) is 23.4 Å². The fourth-order valence-electron chi connectivity index (χ4n) is 2.80. The largest absolute Gasteiger partial charge is 0.346 e. The highest BCUT2D eigenvalue weighted by atomic mass is 32.2. The van der Waals surface area contributed by atoms with Crippen molar-refractivity contribution < 1.29 is 9.59 Å². The van der Waals surface area contributed by atoms with Crippen molar-refractivity contribution in [3.63, 3.8) is 0 Å². The third-order valence-electron chi connectivity index (χ3n) is 3.94. The van der Waals surface area contributed by atoms with Crippen molar-refractivity contribution in [2.24, 2.45) is 5.92 Å². The van der Waals surface area contributed by atoms with Gasteiger partial charge in [0, 0.05) is 50.0 Å². The number of hydrogen-bond acceptors (Lipinski definition) is 4. The predicted molar refractivity (Wildman–Crippen MR) is 87.6 cm³/mol. The lowest BCUT2D eigenvalue weighted by Crippen LogP contribution is -2.27. The number of aromatic nitrogens is 2. The number of carbonyl (C=O) groups excluding carboxylic acids is 2. The number of nitrogens with zero attached hydrogens (tertiary/aromatic N) is 2. The van der Waals surface area contributed by atoms with E-state index in [0.717, 1.165) is 41.9 Å². The molecule has 0 spiro atoms. The van der Waals surface area contributed by atoms with Gasteiger partial charge in [0.15, 0.2) is 5.12 Å². The summed E-state index contributed by atoms with van der Waals surface area (Å²) < 4.78 is 0. The second-order valence-electron chi connectivity index (χ2n) is 5.72. The molecule has 1 saturated heterocycles. The predicted octanol–water partition coefficient (Wildman–Crippen LogP) is 2.23. The number of aromatic amines is 1. The number of hydrogen-bond donors (Lipinski definition) is 1. The summed E-state index contributed by atoms with van der Waals surface area (Å²) in [6.45, 7) is 3.06. The molecule has 1 amide bonds. The average Bonchev–Trinajstić information content (AvgIpc) is 3.08. The van der Waals surface area contributed by atoms with Gasteiger partial charge in [-0.3, -0.25) is 9.59 Å². The first-order valence-electron chi connectivity index (χ1n) is 7.45. The first-order valence-corrected chi connectivity index (χ1v) is 8.43. The van der Waals surface area contributed by atoms with Crippen LogP contribution in [0.15, 0.2) is 24.5 Å². The Hall–Kier alpha value is -1.82. The number of likely N-dealkylation sites (tertiary alicyclic amines) is 1. The summed E-state index contributed by atoms with van der Waals surface area (Å²) >= 11 is 1.32. The van der Waals surface area contributed by atoms with Gasteiger partial charge in [0.1, 0.15) is 5.65 Å². The lowest BCUT2D eigenvalue weighted by Gasteiger charge is -2.16. The Bertz CT molecular complexity index is 698. The molecule has 2 aromatic heterocycles. The van der Waals surface area contributed by atoms with Crippen LogP contribution in [0.25, 0.3) is 11.0 Å². The van der Waals surface area contributed by atoms with Crippen molar-refractivity contribution in [2.45, 2.75) is 19.8 Å².